The van der Waals surface area contributed by atoms with E-state index in [1.165, 1.54) is 50.4 Å². The Labute approximate surface area is 259 Å². The largest absolute Gasteiger partial charge is 0.310 e. The molecule has 0 amide bonds. The molecule has 5 heterocycles. The lowest BCUT2D eigenvalue weighted by Crippen LogP contribution is -2.89. The van der Waals surface area contributed by atoms with Crippen molar-refractivity contribution in [1.82, 2.24) is 0 Å². The number of rotatable bonds is 0. The molecule has 44 heavy (non-hydrogen) atoms. The zero-order valence-electron chi connectivity index (χ0n) is 25.0. The molecule has 1 atom stereocenters. The Kier molecular flexibility index (Phi) is 4.28. The highest BCUT2D eigenvalue weighted by Gasteiger charge is 2.57. The fourth-order valence-electron chi connectivity index (χ4n) is 10.1. The van der Waals surface area contributed by atoms with E-state index in [-0.39, 0.29) is 0 Å². The number of nitrogens with zero attached hydrogens (tertiary/aromatic N) is 1. The molecular formula is C41H30BNSi. The van der Waals surface area contributed by atoms with E-state index in [1.807, 2.05) is 0 Å². The van der Waals surface area contributed by atoms with Crippen LogP contribution in [0.3, 0.4) is 0 Å². The first-order valence-corrected chi connectivity index (χ1v) is 18.1. The summed E-state index contributed by atoms with van der Waals surface area (Å²) in [5.74, 6) is 0. The van der Waals surface area contributed by atoms with Crippen molar-refractivity contribution in [3.63, 3.8) is 0 Å². The number of hydrogen-bond acceptors (Lipinski definition) is 1. The molecule has 5 aliphatic rings. The summed E-state index contributed by atoms with van der Waals surface area (Å²) in [6.07, 6.45) is 3.07. The van der Waals surface area contributed by atoms with Crippen LogP contribution in [-0.4, -0.2) is 14.8 Å². The van der Waals surface area contributed by atoms with Crippen LogP contribution in [0.4, 0.5) is 17.1 Å². The van der Waals surface area contributed by atoms with E-state index in [2.05, 4.69) is 128 Å². The number of benzene rings is 6. The topological polar surface area (TPSA) is 3.24 Å². The third-order valence-electron chi connectivity index (χ3n) is 11.6. The number of hydrogen-bond donors (Lipinski definition) is 0. The predicted molar refractivity (Wildman–Crippen MR) is 187 cm³/mol. The molecule has 0 bridgehead atoms. The van der Waals surface area contributed by atoms with Crippen molar-refractivity contribution in [2.24, 2.45) is 0 Å². The average Bonchev–Trinajstić information content (AvgIpc) is 3.05. The van der Waals surface area contributed by atoms with Gasteiger partial charge in [-0.2, -0.15) is 0 Å². The Morgan fingerprint density at radius 2 is 1.18 bits per heavy atom. The highest BCUT2D eigenvalue weighted by Crippen LogP contribution is 2.46. The van der Waals surface area contributed by atoms with Crippen LogP contribution in [0.25, 0.3) is 0 Å². The lowest BCUT2D eigenvalue weighted by Gasteiger charge is -2.52. The summed E-state index contributed by atoms with van der Waals surface area (Å²) in [6.45, 7) is 4.89. The Morgan fingerprint density at radius 1 is 0.523 bits per heavy atom. The van der Waals surface area contributed by atoms with Gasteiger partial charge in [-0.05, 0) is 98.5 Å². The normalized spacial score (nSPS) is 18.4. The molecule has 0 radical (unpaired) electrons. The summed E-state index contributed by atoms with van der Waals surface area (Å²) < 4.78 is 0. The molecule has 0 aliphatic carbocycles. The molecule has 0 saturated heterocycles. The Hall–Kier alpha value is -4.60. The zero-order chi connectivity index (χ0) is 28.9. The fraction of sp³-hybridized carbons (Fsp3) is 0.122. The summed E-state index contributed by atoms with van der Waals surface area (Å²) in [7, 11) is -2.67. The van der Waals surface area contributed by atoms with Crippen molar-refractivity contribution in [2.75, 3.05) is 4.90 Å². The van der Waals surface area contributed by atoms with Gasteiger partial charge in [0.25, 0.3) is 0 Å². The van der Waals surface area contributed by atoms with Crippen LogP contribution in [0.1, 0.15) is 44.5 Å². The van der Waals surface area contributed by atoms with Crippen molar-refractivity contribution in [2.45, 2.75) is 33.1 Å². The molecule has 1 spiro atoms. The Bertz CT molecular complexity index is 2300. The number of fused-ring (bicyclic) bond motifs is 8. The van der Waals surface area contributed by atoms with Gasteiger partial charge in [0.2, 0.25) is 6.71 Å². The van der Waals surface area contributed by atoms with Gasteiger partial charge in [-0.1, -0.05) is 119 Å². The van der Waals surface area contributed by atoms with Crippen molar-refractivity contribution in [3.05, 3.63) is 154 Å². The van der Waals surface area contributed by atoms with Gasteiger partial charge in [0.15, 0.2) is 8.07 Å². The molecule has 0 N–H and O–H groups in total. The van der Waals surface area contributed by atoms with Crippen molar-refractivity contribution < 1.29 is 0 Å². The van der Waals surface area contributed by atoms with E-state index >= 15 is 0 Å². The van der Waals surface area contributed by atoms with Gasteiger partial charge in [-0.3, -0.25) is 0 Å². The van der Waals surface area contributed by atoms with Crippen LogP contribution < -0.4 is 42.0 Å². The van der Waals surface area contributed by atoms with Crippen molar-refractivity contribution in [3.8, 4) is 0 Å². The third kappa shape index (κ3) is 2.59. The minimum atomic E-state index is -2.67. The predicted octanol–water partition coefficient (Wildman–Crippen LogP) is 4.01. The number of anilines is 3. The van der Waals surface area contributed by atoms with Crippen LogP contribution in [0.5, 0.6) is 0 Å². The van der Waals surface area contributed by atoms with E-state index in [4.69, 9.17) is 0 Å². The summed E-state index contributed by atoms with van der Waals surface area (Å²) in [6, 6.07) is 43.3. The standard InChI is InChI=1S/C41H30BNSi/c1-24-16-19-32-30(20-24)22-29-10-7-15-37-41(29)43(32)33-11-3-4-12-34(33)44(37)35-13-5-8-26-21-28-18-17-25(2)31-23-27-9-6-14-36(44)40(27)42(38(28)31)39(26)35/h3-20H,21-23H2,1-2H3. The summed E-state index contributed by atoms with van der Waals surface area (Å²) in [5, 5.41) is 6.36. The highest BCUT2D eigenvalue weighted by atomic mass is 28.3. The lowest BCUT2D eigenvalue weighted by atomic mass is 9.30. The molecule has 1 nitrogen and oxygen atoms in total. The van der Waals surface area contributed by atoms with Crippen LogP contribution in [0, 0.1) is 13.8 Å². The van der Waals surface area contributed by atoms with E-state index < -0.39 is 8.07 Å². The first-order valence-electron chi connectivity index (χ1n) is 16.1. The summed E-state index contributed by atoms with van der Waals surface area (Å²) in [5.41, 5.74) is 20.9. The third-order valence-corrected chi connectivity index (χ3v) is 16.6. The molecule has 0 fully saturated rings. The lowest BCUT2D eigenvalue weighted by molar-refractivity contribution is 1.08. The van der Waals surface area contributed by atoms with Crippen molar-refractivity contribution in [1.29, 1.82) is 0 Å². The van der Waals surface area contributed by atoms with Gasteiger partial charge in [0.05, 0.1) is 5.69 Å². The average molecular weight is 576 g/mol. The first kappa shape index (κ1) is 23.8. The first-order chi connectivity index (χ1) is 21.6. The maximum absolute atomic E-state index is 2.67. The minimum Gasteiger partial charge on any atom is -0.310 e. The van der Waals surface area contributed by atoms with Crippen LogP contribution in [0.2, 0.25) is 0 Å². The van der Waals surface area contributed by atoms with Crippen LogP contribution >= 0.6 is 0 Å². The van der Waals surface area contributed by atoms with Gasteiger partial charge in [-0.15, -0.1) is 0 Å². The van der Waals surface area contributed by atoms with Crippen LogP contribution in [0.15, 0.2) is 109 Å². The molecule has 206 valence electrons. The quantitative estimate of drug-likeness (QED) is 0.247. The summed E-state index contributed by atoms with van der Waals surface area (Å²) in [4.78, 5) is 2.63. The molecule has 0 saturated carbocycles. The van der Waals surface area contributed by atoms with Gasteiger partial charge >= 0.3 is 0 Å². The number of para-hydroxylation sites is 2. The second-order valence-corrected chi connectivity index (χ2v) is 17.4. The molecule has 11 rings (SSSR count). The van der Waals surface area contributed by atoms with Gasteiger partial charge in [0.1, 0.15) is 0 Å². The van der Waals surface area contributed by atoms with Crippen molar-refractivity contribution >= 4 is 69.0 Å². The summed E-state index contributed by atoms with van der Waals surface area (Å²) >= 11 is 0. The minimum absolute atomic E-state index is 0.339. The second-order valence-electron chi connectivity index (χ2n) is 13.7. The molecule has 1 unspecified atom stereocenters. The second kappa shape index (κ2) is 7.91. The van der Waals surface area contributed by atoms with E-state index in [0.717, 1.165) is 19.3 Å². The Morgan fingerprint density at radius 3 is 2.00 bits per heavy atom. The molecule has 6 aromatic carbocycles. The van der Waals surface area contributed by atoms with E-state index in [1.54, 1.807) is 48.3 Å². The molecule has 3 heteroatoms. The van der Waals surface area contributed by atoms with E-state index in [0.29, 0.717) is 6.71 Å². The van der Waals surface area contributed by atoms with Crippen LogP contribution in [-0.2, 0) is 19.3 Å². The molecule has 0 aromatic heterocycles. The maximum Gasteiger partial charge on any atom is 0.242 e. The van der Waals surface area contributed by atoms with E-state index in [9.17, 15) is 0 Å². The smallest absolute Gasteiger partial charge is 0.242 e. The molecule has 6 aromatic rings. The van der Waals surface area contributed by atoms with Gasteiger partial charge < -0.3 is 4.90 Å². The SMILES string of the molecule is Cc1ccc2c(c1)Cc1cccc3c1N2c1ccccc1[Si]31c2cccc3c2B2c4c(cccc41)Cc1c(C)ccc(c12)C3. The van der Waals surface area contributed by atoms with Gasteiger partial charge in [0, 0.05) is 17.8 Å². The zero-order valence-corrected chi connectivity index (χ0v) is 26.0. The fourth-order valence-corrected chi connectivity index (χ4v) is 15.8. The number of aryl methyl sites for hydroxylation is 2. The molecular weight excluding hydrogens is 545 g/mol. The Balaban J connectivity index is 1.33. The van der Waals surface area contributed by atoms with Gasteiger partial charge in [-0.25, -0.2) is 0 Å². The molecule has 5 aliphatic heterocycles. The highest BCUT2D eigenvalue weighted by molar-refractivity contribution is 7.27. The maximum atomic E-state index is 2.63. The monoisotopic (exact) mass is 575 g/mol.